The van der Waals surface area contributed by atoms with Crippen molar-refractivity contribution in [3.8, 4) is 0 Å². The Morgan fingerprint density at radius 1 is 1.50 bits per heavy atom. The Kier molecular flexibility index (Phi) is 3.51. The van der Waals surface area contributed by atoms with Gasteiger partial charge in [-0.15, -0.1) is 0 Å². The van der Waals surface area contributed by atoms with Crippen molar-refractivity contribution in [2.75, 3.05) is 0 Å². The van der Waals surface area contributed by atoms with Crippen LogP contribution in [0.25, 0.3) is 0 Å². The van der Waals surface area contributed by atoms with E-state index in [9.17, 15) is 9.90 Å². The monoisotopic (exact) mass is 242 g/mol. The standard InChI is InChI=1S/C11H15ClN2O2/c12-7-5-9(13-6-7)11(16)14-8-3-1-2-4-10(8)15/h5-6,8,10,13,15H,1-4H2,(H,14,16)/t8-,10-/m1/s1. The number of carbonyl (C=O) groups excluding carboxylic acids is 1. The average Bonchev–Trinajstić information content (AvgIpc) is 2.68. The number of amides is 1. The van der Waals surface area contributed by atoms with Gasteiger partial charge in [0.15, 0.2) is 0 Å². The largest absolute Gasteiger partial charge is 0.391 e. The number of rotatable bonds is 2. The van der Waals surface area contributed by atoms with Gasteiger partial charge in [0.1, 0.15) is 5.69 Å². The highest BCUT2D eigenvalue weighted by atomic mass is 35.5. The number of hydrogen-bond acceptors (Lipinski definition) is 2. The maximum atomic E-state index is 11.8. The van der Waals surface area contributed by atoms with E-state index in [-0.39, 0.29) is 11.9 Å². The van der Waals surface area contributed by atoms with Gasteiger partial charge in [0.25, 0.3) is 5.91 Å². The van der Waals surface area contributed by atoms with Crippen LogP contribution in [0, 0.1) is 0 Å². The van der Waals surface area contributed by atoms with Crippen molar-refractivity contribution in [3.63, 3.8) is 0 Å². The molecule has 5 heteroatoms. The summed E-state index contributed by atoms with van der Waals surface area (Å²) >= 11 is 5.72. The third-order valence-electron chi connectivity index (χ3n) is 2.94. The van der Waals surface area contributed by atoms with Crippen LogP contribution in [0.2, 0.25) is 5.02 Å². The van der Waals surface area contributed by atoms with Crippen molar-refractivity contribution < 1.29 is 9.90 Å². The fourth-order valence-corrected chi connectivity index (χ4v) is 2.19. The van der Waals surface area contributed by atoms with Crippen molar-refractivity contribution >= 4 is 17.5 Å². The predicted molar refractivity (Wildman–Crippen MR) is 61.5 cm³/mol. The van der Waals surface area contributed by atoms with Crippen molar-refractivity contribution in [1.29, 1.82) is 0 Å². The van der Waals surface area contributed by atoms with Gasteiger partial charge >= 0.3 is 0 Å². The molecule has 16 heavy (non-hydrogen) atoms. The van der Waals surface area contributed by atoms with Crippen molar-refractivity contribution in [2.24, 2.45) is 0 Å². The second kappa shape index (κ2) is 4.89. The zero-order valence-electron chi connectivity index (χ0n) is 8.87. The maximum Gasteiger partial charge on any atom is 0.268 e. The number of aromatic nitrogens is 1. The van der Waals surface area contributed by atoms with Crippen molar-refractivity contribution in [3.05, 3.63) is 23.0 Å². The summed E-state index contributed by atoms with van der Waals surface area (Å²) in [5.41, 5.74) is 0.433. The minimum Gasteiger partial charge on any atom is -0.391 e. The molecule has 1 aromatic heterocycles. The molecule has 0 spiro atoms. The quantitative estimate of drug-likeness (QED) is 0.739. The van der Waals surface area contributed by atoms with Crippen LogP contribution in [0.15, 0.2) is 12.3 Å². The van der Waals surface area contributed by atoms with Gasteiger partial charge in [-0.3, -0.25) is 4.79 Å². The fraction of sp³-hybridized carbons (Fsp3) is 0.545. The molecular weight excluding hydrogens is 228 g/mol. The Balaban J connectivity index is 1.96. The summed E-state index contributed by atoms with van der Waals surface area (Å²) in [5, 5.41) is 13.0. The van der Waals surface area contributed by atoms with Gasteiger partial charge in [-0.25, -0.2) is 0 Å². The first-order valence-electron chi connectivity index (χ1n) is 5.49. The highest BCUT2D eigenvalue weighted by Gasteiger charge is 2.25. The van der Waals surface area contributed by atoms with Crippen LogP contribution in [0.5, 0.6) is 0 Å². The SMILES string of the molecule is O=C(N[C@@H]1CCCC[C@H]1O)c1cc(Cl)c[nH]1. The first-order valence-corrected chi connectivity index (χ1v) is 5.87. The van der Waals surface area contributed by atoms with E-state index in [1.54, 1.807) is 12.3 Å². The molecule has 0 unspecified atom stereocenters. The number of aliphatic hydroxyl groups is 1. The molecule has 0 aromatic carbocycles. The van der Waals surface area contributed by atoms with Crippen LogP contribution in [-0.4, -0.2) is 28.1 Å². The molecule has 1 amide bonds. The van der Waals surface area contributed by atoms with E-state index >= 15 is 0 Å². The minimum atomic E-state index is -0.428. The molecule has 1 aliphatic rings. The average molecular weight is 243 g/mol. The molecule has 88 valence electrons. The summed E-state index contributed by atoms with van der Waals surface area (Å²) < 4.78 is 0. The molecule has 0 aliphatic heterocycles. The summed E-state index contributed by atoms with van der Waals surface area (Å²) in [4.78, 5) is 14.5. The Bertz CT molecular complexity index is 378. The first kappa shape index (κ1) is 11.5. The molecule has 1 heterocycles. The predicted octanol–water partition coefficient (Wildman–Crippen LogP) is 1.70. The first-order chi connectivity index (χ1) is 7.66. The van der Waals surface area contributed by atoms with Gasteiger partial charge in [0.05, 0.1) is 17.2 Å². The number of carbonyl (C=O) groups is 1. The zero-order valence-corrected chi connectivity index (χ0v) is 9.63. The van der Waals surface area contributed by atoms with Crippen LogP contribution in [-0.2, 0) is 0 Å². The van der Waals surface area contributed by atoms with Crippen LogP contribution < -0.4 is 5.32 Å². The maximum absolute atomic E-state index is 11.8. The molecule has 1 fully saturated rings. The molecule has 1 aliphatic carbocycles. The summed E-state index contributed by atoms with van der Waals surface area (Å²) in [6, 6.07) is 1.44. The molecule has 0 saturated heterocycles. The molecule has 2 rings (SSSR count). The van der Waals surface area contributed by atoms with Gasteiger partial charge in [0, 0.05) is 6.20 Å². The lowest BCUT2D eigenvalue weighted by Gasteiger charge is -2.28. The molecule has 1 aromatic rings. The van der Waals surface area contributed by atoms with Gasteiger partial charge in [-0.05, 0) is 18.9 Å². The zero-order chi connectivity index (χ0) is 11.5. The summed E-state index contributed by atoms with van der Waals surface area (Å²) in [5.74, 6) is -0.210. The second-order valence-corrected chi connectivity index (χ2v) is 4.60. The molecular formula is C11H15ClN2O2. The highest BCUT2D eigenvalue weighted by molar-refractivity contribution is 6.30. The normalized spacial score (nSPS) is 25.4. The summed E-state index contributed by atoms with van der Waals surface area (Å²) in [6.07, 6.45) is 4.81. The fourth-order valence-electron chi connectivity index (χ4n) is 2.02. The van der Waals surface area contributed by atoms with Crippen LogP contribution in [0.3, 0.4) is 0 Å². The van der Waals surface area contributed by atoms with E-state index in [1.165, 1.54) is 0 Å². The molecule has 4 nitrogen and oxygen atoms in total. The van der Waals surface area contributed by atoms with E-state index in [1.807, 2.05) is 0 Å². The molecule has 3 N–H and O–H groups in total. The van der Waals surface area contributed by atoms with Crippen molar-refractivity contribution in [2.45, 2.75) is 37.8 Å². The number of aliphatic hydroxyl groups excluding tert-OH is 1. The van der Waals surface area contributed by atoms with Crippen molar-refractivity contribution in [1.82, 2.24) is 10.3 Å². The number of hydrogen-bond donors (Lipinski definition) is 3. The Hall–Kier alpha value is -1.00. The third kappa shape index (κ3) is 2.57. The Morgan fingerprint density at radius 2 is 2.25 bits per heavy atom. The van der Waals surface area contributed by atoms with Gasteiger partial charge < -0.3 is 15.4 Å². The number of aromatic amines is 1. The number of H-pyrrole nitrogens is 1. The molecule has 0 bridgehead atoms. The summed E-state index contributed by atoms with van der Waals surface area (Å²) in [7, 11) is 0. The third-order valence-corrected chi connectivity index (χ3v) is 3.16. The lowest BCUT2D eigenvalue weighted by Crippen LogP contribution is -2.45. The van der Waals surface area contributed by atoms with Gasteiger partial charge in [-0.2, -0.15) is 0 Å². The number of halogens is 1. The summed E-state index contributed by atoms with van der Waals surface area (Å²) in [6.45, 7) is 0. The van der Waals surface area contributed by atoms with E-state index in [4.69, 9.17) is 11.6 Å². The van der Waals surface area contributed by atoms with Crippen LogP contribution in [0.4, 0.5) is 0 Å². The lowest BCUT2D eigenvalue weighted by atomic mass is 9.92. The van der Waals surface area contributed by atoms with Gasteiger partial charge in [0.2, 0.25) is 0 Å². The van der Waals surface area contributed by atoms with Crippen LogP contribution >= 0.6 is 11.6 Å². The highest BCUT2D eigenvalue weighted by Crippen LogP contribution is 2.19. The molecule has 2 atom stereocenters. The smallest absolute Gasteiger partial charge is 0.268 e. The van der Waals surface area contributed by atoms with Crippen LogP contribution in [0.1, 0.15) is 36.2 Å². The van der Waals surface area contributed by atoms with E-state index in [0.717, 1.165) is 25.7 Å². The van der Waals surface area contributed by atoms with E-state index in [2.05, 4.69) is 10.3 Å². The number of nitrogens with one attached hydrogen (secondary N) is 2. The lowest BCUT2D eigenvalue weighted by molar-refractivity contribution is 0.0714. The topological polar surface area (TPSA) is 65.1 Å². The minimum absolute atomic E-state index is 0.136. The molecule has 0 radical (unpaired) electrons. The van der Waals surface area contributed by atoms with Gasteiger partial charge in [-0.1, -0.05) is 24.4 Å². The Labute approximate surface area is 99.0 Å². The Morgan fingerprint density at radius 3 is 2.88 bits per heavy atom. The molecule has 1 saturated carbocycles. The second-order valence-electron chi connectivity index (χ2n) is 4.16. The van der Waals surface area contributed by atoms with E-state index in [0.29, 0.717) is 10.7 Å². The van der Waals surface area contributed by atoms with E-state index < -0.39 is 6.10 Å².